The number of pyridine rings is 1. The van der Waals surface area contributed by atoms with Gasteiger partial charge in [0.1, 0.15) is 5.56 Å². The first-order valence-electron chi connectivity index (χ1n) is 7.66. The molecule has 0 radical (unpaired) electrons. The van der Waals surface area contributed by atoms with Crippen LogP contribution < -0.4 is 10.9 Å². The van der Waals surface area contributed by atoms with Crippen molar-refractivity contribution >= 4 is 5.91 Å². The lowest BCUT2D eigenvalue weighted by molar-refractivity contribution is 0.0936. The molecule has 4 heteroatoms. The molecule has 1 heterocycles. The van der Waals surface area contributed by atoms with Crippen LogP contribution in [0.4, 0.5) is 0 Å². The molecule has 2 rings (SSSR count). The van der Waals surface area contributed by atoms with Crippen molar-refractivity contribution in [3.8, 4) is 0 Å². The number of unbranched alkanes of at least 4 members (excludes halogenated alkanes) is 2. The predicted octanol–water partition coefficient (Wildman–Crippen LogP) is 2.95. The van der Waals surface area contributed by atoms with Crippen molar-refractivity contribution in [3.05, 3.63) is 33.7 Å². The Morgan fingerprint density at radius 3 is 2.75 bits per heavy atom. The summed E-state index contributed by atoms with van der Waals surface area (Å²) in [7, 11) is 0. The SMILES string of the molecule is CCCCC[C@H](C)NC(=O)c1ccc(C2CC2)[nH]c1=O. The fraction of sp³-hybridized carbons (Fsp3) is 0.625. The van der Waals surface area contributed by atoms with E-state index in [-0.39, 0.29) is 23.1 Å². The number of H-pyrrole nitrogens is 1. The molecule has 110 valence electrons. The number of hydrogen-bond donors (Lipinski definition) is 2. The summed E-state index contributed by atoms with van der Waals surface area (Å²) >= 11 is 0. The van der Waals surface area contributed by atoms with E-state index < -0.39 is 0 Å². The highest BCUT2D eigenvalue weighted by atomic mass is 16.2. The summed E-state index contributed by atoms with van der Waals surface area (Å²) in [4.78, 5) is 26.8. The predicted molar refractivity (Wildman–Crippen MR) is 80.1 cm³/mol. The van der Waals surface area contributed by atoms with Crippen LogP contribution in [0.25, 0.3) is 0 Å². The van der Waals surface area contributed by atoms with Crippen molar-refractivity contribution < 1.29 is 4.79 Å². The fourth-order valence-corrected chi connectivity index (χ4v) is 2.37. The van der Waals surface area contributed by atoms with Crippen molar-refractivity contribution in [2.45, 2.75) is 64.3 Å². The molecule has 1 saturated carbocycles. The van der Waals surface area contributed by atoms with Crippen molar-refractivity contribution in [2.24, 2.45) is 0 Å². The molecule has 0 spiro atoms. The van der Waals surface area contributed by atoms with Crippen molar-refractivity contribution in [3.63, 3.8) is 0 Å². The summed E-state index contributed by atoms with van der Waals surface area (Å²) in [6.45, 7) is 4.14. The van der Waals surface area contributed by atoms with Crippen LogP contribution in [0.1, 0.15) is 74.3 Å². The lowest BCUT2D eigenvalue weighted by atomic mass is 10.1. The number of amides is 1. The van der Waals surface area contributed by atoms with Gasteiger partial charge < -0.3 is 10.3 Å². The molecule has 0 aromatic carbocycles. The van der Waals surface area contributed by atoms with Gasteiger partial charge in [-0.1, -0.05) is 26.2 Å². The second-order valence-electron chi connectivity index (χ2n) is 5.80. The third-order valence-corrected chi connectivity index (χ3v) is 3.81. The molecule has 0 saturated heterocycles. The quantitative estimate of drug-likeness (QED) is 0.752. The van der Waals surface area contributed by atoms with Crippen molar-refractivity contribution in [1.29, 1.82) is 0 Å². The van der Waals surface area contributed by atoms with E-state index in [1.807, 2.05) is 13.0 Å². The van der Waals surface area contributed by atoms with Crippen LogP contribution in [0.3, 0.4) is 0 Å². The second kappa shape index (κ2) is 6.73. The molecule has 4 nitrogen and oxygen atoms in total. The minimum atomic E-state index is -0.271. The summed E-state index contributed by atoms with van der Waals surface area (Å²) in [5.74, 6) is 0.227. The van der Waals surface area contributed by atoms with Crippen LogP contribution in [0.2, 0.25) is 0 Å². The van der Waals surface area contributed by atoms with Crippen LogP contribution in [0.15, 0.2) is 16.9 Å². The minimum absolute atomic E-state index is 0.108. The molecule has 1 aromatic rings. The Balaban J connectivity index is 1.93. The van der Waals surface area contributed by atoms with E-state index in [4.69, 9.17) is 0 Å². The summed E-state index contributed by atoms with van der Waals surface area (Å²) in [5, 5.41) is 2.90. The lowest BCUT2D eigenvalue weighted by Gasteiger charge is -2.13. The molecule has 1 fully saturated rings. The number of aromatic nitrogens is 1. The smallest absolute Gasteiger partial charge is 0.261 e. The first-order chi connectivity index (χ1) is 9.61. The first kappa shape index (κ1) is 14.8. The zero-order valence-electron chi connectivity index (χ0n) is 12.4. The molecule has 1 aliphatic carbocycles. The van der Waals surface area contributed by atoms with Crippen LogP contribution in [0.5, 0.6) is 0 Å². The van der Waals surface area contributed by atoms with Crippen LogP contribution in [-0.2, 0) is 0 Å². The van der Waals surface area contributed by atoms with Gasteiger partial charge >= 0.3 is 0 Å². The molecule has 0 aliphatic heterocycles. The number of carbonyl (C=O) groups is 1. The molecule has 2 N–H and O–H groups in total. The number of carbonyl (C=O) groups excluding carboxylic acids is 1. The van der Waals surface area contributed by atoms with Gasteiger partial charge in [-0.05, 0) is 44.2 Å². The summed E-state index contributed by atoms with van der Waals surface area (Å²) in [6.07, 6.45) is 6.68. The second-order valence-corrected chi connectivity index (χ2v) is 5.80. The molecule has 0 unspecified atom stereocenters. The van der Waals surface area contributed by atoms with Crippen molar-refractivity contribution in [2.75, 3.05) is 0 Å². The molecule has 0 bridgehead atoms. The zero-order valence-corrected chi connectivity index (χ0v) is 12.4. The first-order valence-corrected chi connectivity index (χ1v) is 7.66. The Labute approximate surface area is 120 Å². The van der Waals surface area contributed by atoms with Gasteiger partial charge in [-0.15, -0.1) is 0 Å². The van der Waals surface area contributed by atoms with E-state index in [1.165, 1.54) is 12.8 Å². The van der Waals surface area contributed by atoms with E-state index in [0.717, 1.165) is 31.4 Å². The molecule has 1 amide bonds. The monoisotopic (exact) mass is 276 g/mol. The van der Waals surface area contributed by atoms with E-state index in [0.29, 0.717) is 5.92 Å². The molecular weight excluding hydrogens is 252 g/mol. The highest BCUT2D eigenvalue weighted by Crippen LogP contribution is 2.38. The maximum Gasteiger partial charge on any atom is 0.261 e. The van der Waals surface area contributed by atoms with Crippen LogP contribution in [0, 0.1) is 0 Å². The third-order valence-electron chi connectivity index (χ3n) is 3.81. The number of nitrogens with one attached hydrogen (secondary N) is 2. The van der Waals surface area contributed by atoms with Gasteiger partial charge in [-0.25, -0.2) is 0 Å². The average Bonchev–Trinajstić information content (AvgIpc) is 3.23. The standard InChI is InChI=1S/C16H24N2O2/c1-3-4-5-6-11(2)17-15(19)13-9-10-14(12-7-8-12)18-16(13)20/h9-12H,3-8H2,1-2H3,(H,17,19)(H,18,20)/t11-/m0/s1. The number of rotatable bonds is 7. The lowest BCUT2D eigenvalue weighted by Crippen LogP contribution is -2.36. The Bertz CT molecular complexity index is 517. The highest BCUT2D eigenvalue weighted by molar-refractivity contribution is 5.93. The van der Waals surface area contributed by atoms with Gasteiger partial charge in [-0.2, -0.15) is 0 Å². The Morgan fingerprint density at radius 1 is 1.40 bits per heavy atom. The Kier molecular flexibility index (Phi) is 4.99. The molecule has 20 heavy (non-hydrogen) atoms. The van der Waals surface area contributed by atoms with Gasteiger partial charge in [0.2, 0.25) is 0 Å². The highest BCUT2D eigenvalue weighted by Gasteiger charge is 2.25. The van der Waals surface area contributed by atoms with E-state index in [2.05, 4.69) is 17.2 Å². The third kappa shape index (κ3) is 3.95. The summed E-state index contributed by atoms with van der Waals surface area (Å²) in [6, 6.07) is 3.63. The average molecular weight is 276 g/mol. The summed E-state index contributed by atoms with van der Waals surface area (Å²) < 4.78 is 0. The molecule has 1 aliphatic rings. The van der Waals surface area contributed by atoms with Crippen LogP contribution in [-0.4, -0.2) is 16.9 Å². The molecular formula is C16H24N2O2. The molecule has 1 atom stereocenters. The van der Waals surface area contributed by atoms with Crippen molar-refractivity contribution in [1.82, 2.24) is 10.3 Å². The Hall–Kier alpha value is -1.58. The summed E-state index contributed by atoms with van der Waals surface area (Å²) in [5.41, 5.74) is 0.909. The maximum absolute atomic E-state index is 12.1. The van der Waals surface area contributed by atoms with Gasteiger partial charge in [0.25, 0.3) is 11.5 Å². The number of hydrogen-bond acceptors (Lipinski definition) is 2. The Morgan fingerprint density at radius 2 is 2.15 bits per heavy atom. The normalized spacial score (nSPS) is 15.9. The topological polar surface area (TPSA) is 62.0 Å². The maximum atomic E-state index is 12.1. The molecule has 1 aromatic heterocycles. The largest absolute Gasteiger partial charge is 0.349 e. The van der Waals surface area contributed by atoms with E-state index in [9.17, 15) is 9.59 Å². The van der Waals surface area contributed by atoms with E-state index in [1.54, 1.807) is 6.07 Å². The van der Waals surface area contributed by atoms with Crippen LogP contribution >= 0.6 is 0 Å². The van der Waals surface area contributed by atoms with Gasteiger partial charge in [0.15, 0.2) is 0 Å². The van der Waals surface area contributed by atoms with Gasteiger partial charge in [-0.3, -0.25) is 9.59 Å². The van der Waals surface area contributed by atoms with E-state index >= 15 is 0 Å². The van der Waals surface area contributed by atoms with Gasteiger partial charge in [0.05, 0.1) is 0 Å². The number of aromatic amines is 1. The fourth-order valence-electron chi connectivity index (χ4n) is 2.37. The zero-order chi connectivity index (χ0) is 14.5. The minimum Gasteiger partial charge on any atom is -0.349 e. The van der Waals surface area contributed by atoms with Gasteiger partial charge in [0, 0.05) is 11.7 Å².